The Morgan fingerprint density at radius 3 is 2.81 bits per heavy atom. The highest BCUT2D eigenvalue weighted by Gasteiger charge is 2.40. The Hall–Kier alpha value is -2.84. The Morgan fingerprint density at radius 1 is 1.38 bits per heavy atom. The number of aromatic hydroxyl groups is 2. The second-order valence-electron chi connectivity index (χ2n) is 6.75. The number of nitrogens with zero attached hydrogens (tertiary/aromatic N) is 2. The third-order valence-corrected chi connectivity index (χ3v) is 4.48. The van der Waals surface area contributed by atoms with Crippen LogP contribution >= 0.6 is 0 Å². The Labute approximate surface area is 149 Å². The molecular formula is C18H19N3O5. The molecule has 2 aromatic heterocycles. The van der Waals surface area contributed by atoms with Gasteiger partial charge >= 0.3 is 0 Å². The minimum absolute atomic E-state index is 0.0264. The third kappa shape index (κ3) is 2.46. The summed E-state index contributed by atoms with van der Waals surface area (Å²) in [5.41, 5.74) is 2.47. The highest BCUT2D eigenvalue weighted by molar-refractivity contribution is 5.99. The first-order chi connectivity index (χ1) is 12.3. The van der Waals surface area contributed by atoms with Crippen molar-refractivity contribution in [3.63, 3.8) is 0 Å². The molecule has 0 radical (unpaired) electrons. The van der Waals surface area contributed by atoms with Crippen molar-refractivity contribution in [1.82, 2.24) is 14.5 Å². The Kier molecular flexibility index (Phi) is 3.57. The fraction of sp³-hybridized carbons (Fsp3) is 0.333. The maximum Gasteiger partial charge on any atom is 0.240 e. The molecule has 1 atom stereocenters. The SMILES string of the molecule is CC(=O)c1c(O)c(O)n(-c2ccc3nc[nH]c3c2)c1C1COC(C)(C)O1. The molecule has 3 aromatic rings. The summed E-state index contributed by atoms with van der Waals surface area (Å²) < 4.78 is 12.9. The molecule has 0 saturated carbocycles. The molecule has 1 fully saturated rings. The lowest BCUT2D eigenvalue weighted by atomic mass is 10.1. The average molecular weight is 357 g/mol. The highest BCUT2D eigenvalue weighted by atomic mass is 16.7. The zero-order valence-electron chi connectivity index (χ0n) is 14.6. The molecule has 136 valence electrons. The van der Waals surface area contributed by atoms with Crippen LogP contribution in [-0.4, -0.2) is 42.9 Å². The van der Waals surface area contributed by atoms with E-state index in [1.54, 1.807) is 38.4 Å². The topological polar surface area (TPSA) is 110 Å². The number of Topliss-reactive ketones (excluding diaryl/α,β-unsaturated/α-hetero) is 1. The lowest BCUT2D eigenvalue weighted by Gasteiger charge is -2.19. The summed E-state index contributed by atoms with van der Waals surface area (Å²) >= 11 is 0. The number of hydrogen-bond donors (Lipinski definition) is 3. The van der Waals surface area contributed by atoms with E-state index in [4.69, 9.17) is 9.47 Å². The predicted octanol–water partition coefficient (Wildman–Crippen LogP) is 2.79. The van der Waals surface area contributed by atoms with E-state index < -0.39 is 23.5 Å². The molecular weight excluding hydrogens is 338 g/mol. The number of carbonyl (C=O) groups excluding carboxylic acids is 1. The molecule has 1 aromatic carbocycles. The van der Waals surface area contributed by atoms with Crippen LogP contribution in [0.1, 0.15) is 42.9 Å². The molecule has 0 bridgehead atoms. The first-order valence-electron chi connectivity index (χ1n) is 8.21. The number of imidazole rings is 1. The van der Waals surface area contributed by atoms with Gasteiger partial charge in [-0.15, -0.1) is 0 Å². The molecule has 8 nitrogen and oxygen atoms in total. The maximum absolute atomic E-state index is 12.2. The second-order valence-corrected chi connectivity index (χ2v) is 6.75. The van der Waals surface area contributed by atoms with Crippen LogP contribution in [0, 0.1) is 0 Å². The summed E-state index contributed by atoms with van der Waals surface area (Å²) in [6, 6.07) is 5.30. The minimum Gasteiger partial charge on any atom is -0.503 e. The first kappa shape index (κ1) is 16.6. The van der Waals surface area contributed by atoms with Crippen molar-refractivity contribution in [3.8, 4) is 17.3 Å². The van der Waals surface area contributed by atoms with Crippen LogP contribution in [0.25, 0.3) is 16.7 Å². The van der Waals surface area contributed by atoms with E-state index in [2.05, 4.69) is 9.97 Å². The molecule has 0 amide bonds. The van der Waals surface area contributed by atoms with Crippen molar-refractivity contribution in [3.05, 3.63) is 35.8 Å². The number of carbonyl (C=O) groups is 1. The van der Waals surface area contributed by atoms with E-state index in [1.807, 2.05) is 0 Å². The quantitative estimate of drug-likeness (QED) is 0.622. The number of nitrogens with one attached hydrogen (secondary N) is 1. The number of benzene rings is 1. The number of hydrogen-bond acceptors (Lipinski definition) is 6. The number of ether oxygens (including phenoxy) is 2. The van der Waals surface area contributed by atoms with Crippen LogP contribution < -0.4 is 0 Å². The largest absolute Gasteiger partial charge is 0.503 e. The predicted molar refractivity (Wildman–Crippen MR) is 92.6 cm³/mol. The molecule has 1 aliphatic rings. The zero-order valence-corrected chi connectivity index (χ0v) is 14.6. The molecule has 1 saturated heterocycles. The van der Waals surface area contributed by atoms with Gasteiger partial charge < -0.3 is 24.7 Å². The van der Waals surface area contributed by atoms with Crippen molar-refractivity contribution in [2.45, 2.75) is 32.7 Å². The van der Waals surface area contributed by atoms with Gasteiger partial charge in [-0.2, -0.15) is 0 Å². The van der Waals surface area contributed by atoms with E-state index in [1.165, 1.54) is 11.5 Å². The summed E-state index contributed by atoms with van der Waals surface area (Å²) in [5.74, 6) is -2.09. The number of fused-ring (bicyclic) bond motifs is 1. The second kappa shape index (κ2) is 5.58. The number of aromatic nitrogens is 3. The Bertz CT molecular complexity index is 1020. The van der Waals surface area contributed by atoms with Gasteiger partial charge in [-0.05, 0) is 39.0 Å². The van der Waals surface area contributed by atoms with Gasteiger partial charge in [0.2, 0.25) is 5.88 Å². The van der Waals surface area contributed by atoms with Crippen molar-refractivity contribution in [1.29, 1.82) is 0 Å². The van der Waals surface area contributed by atoms with Crippen molar-refractivity contribution < 1.29 is 24.5 Å². The molecule has 1 unspecified atom stereocenters. The fourth-order valence-corrected chi connectivity index (χ4v) is 3.36. The van der Waals surface area contributed by atoms with Gasteiger partial charge in [-0.25, -0.2) is 4.98 Å². The zero-order chi connectivity index (χ0) is 18.6. The summed E-state index contributed by atoms with van der Waals surface area (Å²) in [5, 5.41) is 20.9. The summed E-state index contributed by atoms with van der Waals surface area (Å²) in [4.78, 5) is 19.4. The van der Waals surface area contributed by atoms with Gasteiger partial charge in [-0.1, -0.05) is 0 Å². The van der Waals surface area contributed by atoms with E-state index in [0.29, 0.717) is 11.4 Å². The Morgan fingerprint density at radius 2 is 2.15 bits per heavy atom. The van der Waals surface area contributed by atoms with Gasteiger partial charge in [-0.3, -0.25) is 9.36 Å². The molecule has 3 N–H and O–H groups in total. The van der Waals surface area contributed by atoms with Gasteiger partial charge in [0.15, 0.2) is 17.3 Å². The highest BCUT2D eigenvalue weighted by Crippen LogP contribution is 2.45. The van der Waals surface area contributed by atoms with Crippen LogP contribution in [-0.2, 0) is 9.47 Å². The van der Waals surface area contributed by atoms with Crippen molar-refractivity contribution in [2.75, 3.05) is 6.61 Å². The molecule has 3 heterocycles. The fourth-order valence-electron chi connectivity index (χ4n) is 3.36. The van der Waals surface area contributed by atoms with Crippen LogP contribution in [0.2, 0.25) is 0 Å². The maximum atomic E-state index is 12.2. The Balaban J connectivity index is 1.96. The number of aromatic amines is 1. The van der Waals surface area contributed by atoms with Crippen molar-refractivity contribution >= 4 is 16.8 Å². The number of ketones is 1. The van der Waals surface area contributed by atoms with Crippen molar-refractivity contribution in [2.24, 2.45) is 0 Å². The van der Waals surface area contributed by atoms with Crippen LogP contribution in [0.3, 0.4) is 0 Å². The molecule has 0 spiro atoms. The summed E-state index contributed by atoms with van der Waals surface area (Å²) in [6.07, 6.45) is 0.952. The lowest BCUT2D eigenvalue weighted by Crippen LogP contribution is -2.20. The van der Waals surface area contributed by atoms with Gasteiger partial charge in [0.05, 0.1) is 40.9 Å². The van der Waals surface area contributed by atoms with E-state index >= 15 is 0 Å². The normalized spacial score (nSPS) is 19.3. The molecule has 1 aliphatic heterocycles. The molecule has 4 rings (SSSR count). The summed E-state index contributed by atoms with van der Waals surface area (Å²) in [7, 11) is 0. The van der Waals surface area contributed by atoms with Gasteiger partial charge in [0.25, 0.3) is 0 Å². The van der Waals surface area contributed by atoms with Crippen LogP contribution in [0.15, 0.2) is 24.5 Å². The average Bonchev–Trinajstić information content (AvgIpc) is 3.24. The van der Waals surface area contributed by atoms with E-state index in [9.17, 15) is 15.0 Å². The van der Waals surface area contributed by atoms with Crippen LogP contribution in [0.4, 0.5) is 0 Å². The number of H-pyrrole nitrogens is 1. The molecule has 26 heavy (non-hydrogen) atoms. The lowest BCUT2D eigenvalue weighted by molar-refractivity contribution is -0.139. The minimum atomic E-state index is -0.827. The molecule has 0 aliphatic carbocycles. The standard InChI is InChI=1S/C18H19N3O5/c1-9(22)14-15(13-7-25-18(2,3)26-13)21(17(24)16(14)23)10-4-5-11-12(6-10)20-8-19-11/h4-6,8,13,23-24H,7H2,1-3H3,(H,19,20). The van der Waals surface area contributed by atoms with Gasteiger partial charge in [0.1, 0.15) is 6.10 Å². The molecule has 8 heteroatoms. The summed E-state index contributed by atoms with van der Waals surface area (Å²) in [6.45, 7) is 5.07. The monoisotopic (exact) mass is 357 g/mol. The third-order valence-electron chi connectivity index (χ3n) is 4.48. The smallest absolute Gasteiger partial charge is 0.240 e. The van der Waals surface area contributed by atoms with E-state index in [-0.39, 0.29) is 18.0 Å². The number of rotatable bonds is 3. The van der Waals surface area contributed by atoms with Gasteiger partial charge in [0, 0.05) is 0 Å². The van der Waals surface area contributed by atoms with Crippen LogP contribution in [0.5, 0.6) is 11.6 Å². The first-order valence-corrected chi connectivity index (χ1v) is 8.21. The van der Waals surface area contributed by atoms with E-state index in [0.717, 1.165) is 11.0 Å².